The van der Waals surface area contributed by atoms with Gasteiger partial charge in [-0.25, -0.2) is 9.80 Å². The van der Waals surface area contributed by atoms with Crippen molar-refractivity contribution in [3.63, 3.8) is 0 Å². The van der Waals surface area contributed by atoms with Gasteiger partial charge in [-0.15, -0.1) is 11.3 Å². The fourth-order valence-electron chi connectivity index (χ4n) is 7.36. The topological polar surface area (TPSA) is 101 Å². The van der Waals surface area contributed by atoms with Crippen LogP contribution in [0.4, 0.5) is 0 Å². The van der Waals surface area contributed by atoms with Gasteiger partial charge in [0.1, 0.15) is 17.2 Å². The molecule has 10 heteroatoms. The number of imide groups is 1. The Balaban J connectivity index is 1.13. The number of halogens is 1. The first-order valence-corrected chi connectivity index (χ1v) is 16.6. The number of hydrazine groups is 1. The lowest BCUT2D eigenvalue weighted by molar-refractivity contribution is -0.154. The zero-order valence-electron chi connectivity index (χ0n) is 25.1. The van der Waals surface area contributed by atoms with Crippen molar-refractivity contribution in [2.24, 2.45) is 11.8 Å². The second kappa shape index (κ2) is 11.7. The zero-order chi connectivity index (χ0) is 33.1. The van der Waals surface area contributed by atoms with E-state index in [9.17, 15) is 24.0 Å². The third-order valence-electron chi connectivity index (χ3n) is 9.39. The molecule has 1 fully saturated rings. The SMILES string of the molecule is O=C(CN(C(=O)c1ccc(Cl)cc1)N1C(=O)[C@@H]2C3c4ccccc4C(c4ccccc43)[C@@H]2C1=O)c1ccc(OC(=O)c2cccs2)cc1. The summed E-state index contributed by atoms with van der Waals surface area (Å²) in [6.45, 7) is -0.581. The molecule has 2 atom stereocenters. The number of carbonyl (C=O) groups is 5. The number of thiophene rings is 1. The number of ketones is 1. The number of benzene rings is 4. The van der Waals surface area contributed by atoms with Gasteiger partial charge in [0.25, 0.3) is 17.7 Å². The van der Waals surface area contributed by atoms with Crippen LogP contribution in [0.5, 0.6) is 5.75 Å². The summed E-state index contributed by atoms with van der Waals surface area (Å²) < 4.78 is 5.41. The first-order valence-electron chi connectivity index (χ1n) is 15.3. The van der Waals surface area contributed by atoms with E-state index in [1.807, 2.05) is 48.5 Å². The maximum Gasteiger partial charge on any atom is 0.353 e. The van der Waals surface area contributed by atoms with E-state index in [4.69, 9.17) is 16.3 Å². The molecule has 236 valence electrons. The highest BCUT2D eigenvalue weighted by Crippen LogP contribution is 2.61. The molecule has 0 N–H and O–H groups in total. The summed E-state index contributed by atoms with van der Waals surface area (Å²) in [6, 6.07) is 31.1. The summed E-state index contributed by atoms with van der Waals surface area (Å²) in [5.74, 6) is -4.74. The Morgan fingerprint density at radius 2 is 1.21 bits per heavy atom. The Hall–Kier alpha value is -5.38. The molecule has 1 saturated heterocycles. The molecule has 0 unspecified atom stereocenters. The predicted octanol–water partition coefficient (Wildman–Crippen LogP) is 6.75. The fourth-order valence-corrected chi connectivity index (χ4v) is 8.09. The molecule has 2 heterocycles. The molecule has 1 aliphatic heterocycles. The van der Waals surface area contributed by atoms with Crippen LogP contribution in [0.1, 0.15) is 64.5 Å². The van der Waals surface area contributed by atoms with Crippen LogP contribution in [0.25, 0.3) is 0 Å². The first-order chi connectivity index (χ1) is 23.3. The minimum Gasteiger partial charge on any atom is -0.422 e. The summed E-state index contributed by atoms with van der Waals surface area (Å²) in [7, 11) is 0. The number of amides is 3. The Bertz CT molecular complexity index is 2010. The Labute approximate surface area is 284 Å². The second-order valence-corrected chi connectivity index (χ2v) is 13.3. The van der Waals surface area contributed by atoms with Gasteiger partial charge in [-0.3, -0.25) is 19.2 Å². The largest absolute Gasteiger partial charge is 0.422 e. The molecule has 8 nitrogen and oxygen atoms in total. The summed E-state index contributed by atoms with van der Waals surface area (Å²) in [4.78, 5) is 69.7. The van der Waals surface area contributed by atoms with E-state index in [2.05, 4.69) is 0 Å². The standard InChI is InChI=1S/C38H25ClN2O6S/c39-23-15-11-22(12-16-23)35(43)40(20-29(42)21-13-17-24(18-14-21)47-38(46)30-10-5-19-48-30)41-36(44)33-31-25-6-1-2-7-26(25)32(34(33)37(41)45)28-9-4-3-8-27(28)31/h1-19,31-34H,20H2/t31?,32?,33-,34+. The van der Waals surface area contributed by atoms with Gasteiger partial charge in [0.05, 0.1) is 11.8 Å². The molecule has 1 aromatic heterocycles. The van der Waals surface area contributed by atoms with Gasteiger partial charge in [0.2, 0.25) is 0 Å². The van der Waals surface area contributed by atoms with Crippen LogP contribution in [-0.2, 0) is 9.59 Å². The van der Waals surface area contributed by atoms with E-state index in [1.165, 1.54) is 59.9 Å². The summed E-state index contributed by atoms with van der Waals surface area (Å²) >= 11 is 7.34. The number of Topliss-reactive ketones (excluding diaryl/α,β-unsaturated/α-hetero) is 1. The molecule has 0 radical (unpaired) electrons. The number of esters is 1. The number of ether oxygens (including phenoxy) is 1. The number of nitrogens with zero attached hydrogens (tertiary/aromatic N) is 2. The van der Waals surface area contributed by atoms with Gasteiger partial charge in [-0.2, -0.15) is 5.01 Å². The second-order valence-electron chi connectivity index (χ2n) is 11.9. The Morgan fingerprint density at radius 1 is 0.688 bits per heavy atom. The lowest BCUT2D eigenvalue weighted by atomic mass is 9.55. The lowest BCUT2D eigenvalue weighted by Gasteiger charge is -2.45. The predicted molar refractivity (Wildman–Crippen MR) is 178 cm³/mol. The van der Waals surface area contributed by atoms with Crippen LogP contribution in [0.15, 0.2) is 115 Å². The van der Waals surface area contributed by atoms with Crippen molar-refractivity contribution in [1.82, 2.24) is 10.0 Å². The molecule has 3 amide bonds. The van der Waals surface area contributed by atoms with Gasteiger partial charge in [-0.1, -0.05) is 66.2 Å². The van der Waals surface area contributed by atoms with Gasteiger partial charge < -0.3 is 4.74 Å². The molecular formula is C38H25ClN2O6S. The monoisotopic (exact) mass is 672 g/mol. The van der Waals surface area contributed by atoms with Crippen LogP contribution in [-0.4, -0.2) is 46.0 Å². The maximum absolute atomic E-state index is 14.5. The van der Waals surface area contributed by atoms with E-state index < -0.39 is 47.9 Å². The molecule has 9 rings (SSSR count). The van der Waals surface area contributed by atoms with Crippen LogP contribution < -0.4 is 4.74 Å². The molecular weight excluding hydrogens is 648 g/mol. The normalized spacial score (nSPS) is 20.1. The first kappa shape index (κ1) is 30.0. The molecule has 4 aromatic carbocycles. The minimum absolute atomic E-state index is 0.160. The van der Waals surface area contributed by atoms with E-state index >= 15 is 0 Å². The summed E-state index contributed by atoms with van der Waals surface area (Å²) in [5.41, 5.74) is 4.35. The van der Waals surface area contributed by atoms with Crippen molar-refractivity contribution in [1.29, 1.82) is 0 Å². The lowest BCUT2D eigenvalue weighted by Crippen LogP contribution is -2.52. The van der Waals surface area contributed by atoms with Crippen molar-refractivity contribution in [2.45, 2.75) is 11.8 Å². The average Bonchev–Trinajstić information content (AvgIpc) is 3.75. The van der Waals surface area contributed by atoms with Crippen LogP contribution in [0, 0.1) is 11.8 Å². The van der Waals surface area contributed by atoms with Crippen LogP contribution >= 0.6 is 22.9 Å². The molecule has 48 heavy (non-hydrogen) atoms. The van der Waals surface area contributed by atoms with Crippen molar-refractivity contribution in [3.8, 4) is 5.75 Å². The zero-order valence-corrected chi connectivity index (χ0v) is 26.7. The molecule has 0 saturated carbocycles. The Kier molecular flexibility index (Phi) is 7.31. The third kappa shape index (κ3) is 4.77. The van der Waals surface area contributed by atoms with Crippen molar-refractivity contribution in [2.75, 3.05) is 6.54 Å². The quantitative estimate of drug-likeness (QED) is 0.0821. The number of hydrogen-bond donors (Lipinski definition) is 0. The van der Waals surface area contributed by atoms with Crippen molar-refractivity contribution >= 4 is 52.4 Å². The van der Waals surface area contributed by atoms with Crippen molar-refractivity contribution in [3.05, 3.63) is 158 Å². The summed E-state index contributed by atoms with van der Waals surface area (Å²) in [5, 5.41) is 4.04. The third-order valence-corrected chi connectivity index (χ3v) is 10.5. The maximum atomic E-state index is 14.5. The molecule has 5 aromatic rings. The number of hydrogen-bond acceptors (Lipinski definition) is 7. The van der Waals surface area contributed by atoms with Gasteiger partial charge in [0.15, 0.2) is 5.78 Å². The average molecular weight is 673 g/mol. The van der Waals surface area contributed by atoms with Crippen molar-refractivity contribution < 1.29 is 28.7 Å². The van der Waals surface area contributed by atoms with Crippen LogP contribution in [0.3, 0.4) is 0 Å². The Morgan fingerprint density at radius 3 is 1.71 bits per heavy atom. The van der Waals surface area contributed by atoms with Gasteiger partial charge in [-0.05, 0) is 82.2 Å². The van der Waals surface area contributed by atoms with Gasteiger partial charge >= 0.3 is 5.97 Å². The highest BCUT2D eigenvalue weighted by molar-refractivity contribution is 7.12. The van der Waals surface area contributed by atoms with E-state index in [1.54, 1.807) is 17.5 Å². The molecule has 0 spiro atoms. The minimum atomic E-state index is -0.736. The molecule has 2 bridgehead atoms. The van der Waals surface area contributed by atoms with E-state index in [0.717, 1.165) is 32.3 Å². The summed E-state index contributed by atoms with van der Waals surface area (Å²) in [6.07, 6.45) is 0. The number of rotatable bonds is 7. The highest BCUT2D eigenvalue weighted by Gasteiger charge is 2.63. The smallest absolute Gasteiger partial charge is 0.353 e. The number of carbonyl (C=O) groups excluding carboxylic acids is 5. The van der Waals surface area contributed by atoms with Gasteiger partial charge in [0, 0.05) is 28.0 Å². The van der Waals surface area contributed by atoms with E-state index in [-0.39, 0.29) is 28.7 Å². The van der Waals surface area contributed by atoms with E-state index in [0.29, 0.717) is 9.90 Å². The highest BCUT2D eigenvalue weighted by atomic mass is 35.5. The molecule has 4 aliphatic rings. The van der Waals surface area contributed by atoms with Crippen LogP contribution in [0.2, 0.25) is 5.02 Å². The molecule has 3 aliphatic carbocycles. The fraction of sp³-hybridized carbons (Fsp3) is 0.132.